The molecule has 0 saturated heterocycles. The van der Waals surface area contributed by atoms with Gasteiger partial charge < -0.3 is 9.47 Å². The van der Waals surface area contributed by atoms with Crippen molar-refractivity contribution in [1.29, 1.82) is 0 Å². The lowest BCUT2D eigenvalue weighted by Gasteiger charge is -2.05. The summed E-state index contributed by atoms with van der Waals surface area (Å²) in [6.45, 7) is 8.08. The minimum atomic E-state index is -0.369. The smallest absolute Gasteiger partial charge is 0.333 e. The van der Waals surface area contributed by atoms with Gasteiger partial charge in [-0.1, -0.05) is 51.2 Å². The molecule has 0 unspecified atom stereocenters. The summed E-state index contributed by atoms with van der Waals surface area (Å²) in [6, 6.07) is 0. The number of unbranched alkanes of at least 4 members (excludes halogenated alkanes) is 5. The third-order valence-corrected chi connectivity index (χ3v) is 3.23. The number of rotatable bonds is 11. The quantitative estimate of drug-likeness (QED) is 0.246. The average molecular weight is 310 g/mol. The van der Waals surface area contributed by atoms with E-state index in [1.165, 1.54) is 25.7 Å². The van der Waals surface area contributed by atoms with Gasteiger partial charge in [-0.05, 0) is 27.2 Å². The van der Waals surface area contributed by atoms with E-state index in [0.717, 1.165) is 12.8 Å². The highest BCUT2D eigenvalue weighted by molar-refractivity contribution is 5.90. The van der Waals surface area contributed by atoms with Crippen LogP contribution >= 0.6 is 0 Å². The molecule has 0 saturated carbocycles. The van der Waals surface area contributed by atoms with Crippen molar-refractivity contribution in [1.82, 2.24) is 0 Å². The number of esters is 2. The van der Waals surface area contributed by atoms with Gasteiger partial charge in [-0.15, -0.1) is 0 Å². The van der Waals surface area contributed by atoms with E-state index in [-0.39, 0.29) is 11.9 Å². The number of allylic oxidation sites excluding steroid dienone is 2. The molecule has 4 nitrogen and oxygen atoms in total. The first-order valence-corrected chi connectivity index (χ1v) is 8.22. The van der Waals surface area contributed by atoms with Gasteiger partial charge in [0.05, 0.1) is 13.2 Å². The Labute approximate surface area is 134 Å². The highest BCUT2D eigenvalue weighted by Crippen LogP contribution is 2.06. The fourth-order valence-electron chi connectivity index (χ4n) is 1.79. The normalized spacial score (nSPS) is 12.2. The lowest BCUT2D eigenvalue weighted by Crippen LogP contribution is -2.07. The van der Waals surface area contributed by atoms with Gasteiger partial charge in [0, 0.05) is 11.1 Å². The molecule has 4 heteroatoms. The Kier molecular flexibility index (Phi) is 12.2. The van der Waals surface area contributed by atoms with E-state index >= 15 is 0 Å². The van der Waals surface area contributed by atoms with Gasteiger partial charge in [0.2, 0.25) is 0 Å². The van der Waals surface area contributed by atoms with Crippen molar-refractivity contribution >= 4 is 11.9 Å². The zero-order valence-corrected chi connectivity index (χ0v) is 14.4. The predicted octanol–water partition coefficient (Wildman–Crippen LogP) is 4.35. The largest absolute Gasteiger partial charge is 0.463 e. The van der Waals surface area contributed by atoms with E-state index in [1.807, 2.05) is 0 Å². The van der Waals surface area contributed by atoms with Gasteiger partial charge in [0.1, 0.15) is 0 Å². The van der Waals surface area contributed by atoms with E-state index in [2.05, 4.69) is 6.92 Å². The number of carbonyl (C=O) groups excluding carboxylic acids is 2. The van der Waals surface area contributed by atoms with Crippen LogP contribution in [0.5, 0.6) is 0 Å². The lowest BCUT2D eigenvalue weighted by atomic mass is 10.1. The van der Waals surface area contributed by atoms with Crippen LogP contribution in [0.15, 0.2) is 23.3 Å². The summed E-state index contributed by atoms with van der Waals surface area (Å²) in [5.41, 5.74) is 0.944. The molecule has 0 rings (SSSR count). The van der Waals surface area contributed by atoms with Crippen molar-refractivity contribution in [2.75, 3.05) is 13.2 Å². The number of carbonyl (C=O) groups is 2. The molecule has 126 valence electrons. The molecule has 0 N–H and O–H groups in total. The monoisotopic (exact) mass is 310 g/mol. The highest BCUT2D eigenvalue weighted by Gasteiger charge is 2.06. The molecule has 0 fully saturated rings. The van der Waals surface area contributed by atoms with E-state index in [1.54, 1.807) is 32.9 Å². The lowest BCUT2D eigenvalue weighted by molar-refractivity contribution is -0.139. The topological polar surface area (TPSA) is 52.6 Å². The van der Waals surface area contributed by atoms with Gasteiger partial charge in [0.15, 0.2) is 0 Å². The van der Waals surface area contributed by atoms with Crippen LogP contribution in [0.2, 0.25) is 0 Å². The predicted molar refractivity (Wildman–Crippen MR) is 88.5 cm³/mol. The van der Waals surface area contributed by atoms with Crippen LogP contribution in [-0.2, 0) is 19.1 Å². The minimum Gasteiger partial charge on any atom is -0.463 e. The minimum absolute atomic E-state index is 0.332. The van der Waals surface area contributed by atoms with E-state index in [4.69, 9.17) is 9.47 Å². The fraction of sp³-hybridized carbons (Fsp3) is 0.667. The van der Waals surface area contributed by atoms with E-state index in [0.29, 0.717) is 24.4 Å². The van der Waals surface area contributed by atoms with Gasteiger partial charge >= 0.3 is 11.9 Å². The summed E-state index contributed by atoms with van der Waals surface area (Å²) >= 11 is 0. The summed E-state index contributed by atoms with van der Waals surface area (Å²) in [6.07, 6.45) is 10.1. The Morgan fingerprint density at radius 3 is 1.82 bits per heavy atom. The van der Waals surface area contributed by atoms with Crippen molar-refractivity contribution in [3.63, 3.8) is 0 Å². The van der Waals surface area contributed by atoms with Crippen LogP contribution in [-0.4, -0.2) is 25.2 Å². The summed E-state index contributed by atoms with van der Waals surface area (Å²) in [5.74, 6) is -0.700. The molecule has 0 amide bonds. The molecular formula is C18H30O4. The maximum atomic E-state index is 11.8. The SMILES string of the molecule is CCCCCCCCOC(=O)/C(C)=C/C=C(\C)C(=O)OCC. The van der Waals surface area contributed by atoms with E-state index < -0.39 is 0 Å². The van der Waals surface area contributed by atoms with Crippen molar-refractivity contribution in [2.45, 2.75) is 66.2 Å². The second-order valence-electron chi connectivity index (χ2n) is 5.32. The summed E-state index contributed by atoms with van der Waals surface area (Å²) in [4.78, 5) is 23.2. The first-order valence-electron chi connectivity index (χ1n) is 8.22. The van der Waals surface area contributed by atoms with E-state index in [9.17, 15) is 9.59 Å². The molecule has 0 heterocycles. The Morgan fingerprint density at radius 2 is 1.27 bits per heavy atom. The molecule has 0 aliphatic heterocycles. The molecule has 0 aliphatic rings. The molecule has 0 aliphatic carbocycles. The maximum Gasteiger partial charge on any atom is 0.333 e. The van der Waals surface area contributed by atoms with Crippen molar-refractivity contribution < 1.29 is 19.1 Å². The van der Waals surface area contributed by atoms with Crippen LogP contribution in [0.25, 0.3) is 0 Å². The van der Waals surface area contributed by atoms with Crippen LogP contribution < -0.4 is 0 Å². The van der Waals surface area contributed by atoms with Gasteiger partial charge in [-0.2, -0.15) is 0 Å². The van der Waals surface area contributed by atoms with Gasteiger partial charge in [0.25, 0.3) is 0 Å². The Balaban J connectivity index is 4.02. The second kappa shape index (κ2) is 13.1. The van der Waals surface area contributed by atoms with Crippen LogP contribution in [0.1, 0.15) is 66.2 Å². The third-order valence-electron chi connectivity index (χ3n) is 3.23. The molecule has 22 heavy (non-hydrogen) atoms. The Hall–Kier alpha value is -1.58. The second-order valence-corrected chi connectivity index (χ2v) is 5.32. The Bertz CT molecular complexity index is 394. The fourth-order valence-corrected chi connectivity index (χ4v) is 1.79. The molecule has 0 radical (unpaired) electrons. The van der Waals surface area contributed by atoms with Crippen molar-refractivity contribution in [2.24, 2.45) is 0 Å². The maximum absolute atomic E-state index is 11.8. The van der Waals surface area contributed by atoms with Crippen LogP contribution in [0.3, 0.4) is 0 Å². The molecule has 0 bridgehead atoms. The molecule has 0 aromatic carbocycles. The standard InChI is InChI=1S/C18H30O4/c1-5-7-8-9-10-11-14-22-18(20)16(4)13-12-15(3)17(19)21-6-2/h12-13H,5-11,14H2,1-4H3/b15-12+,16-13+. The summed E-state index contributed by atoms with van der Waals surface area (Å²) in [7, 11) is 0. The first kappa shape index (κ1) is 20.4. The van der Waals surface area contributed by atoms with Gasteiger partial charge in [-0.3, -0.25) is 0 Å². The molecular weight excluding hydrogens is 280 g/mol. The molecule has 0 spiro atoms. The van der Waals surface area contributed by atoms with Crippen molar-refractivity contribution in [3.05, 3.63) is 23.3 Å². The zero-order valence-electron chi connectivity index (χ0n) is 14.4. The third kappa shape index (κ3) is 10.2. The van der Waals surface area contributed by atoms with Crippen LogP contribution in [0, 0.1) is 0 Å². The van der Waals surface area contributed by atoms with Crippen LogP contribution in [0.4, 0.5) is 0 Å². The zero-order chi connectivity index (χ0) is 16.8. The molecule has 0 aromatic rings. The average Bonchev–Trinajstić information content (AvgIpc) is 2.51. The van der Waals surface area contributed by atoms with Crippen molar-refractivity contribution in [3.8, 4) is 0 Å². The summed E-state index contributed by atoms with van der Waals surface area (Å²) < 4.78 is 10.1. The number of hydrogen-bond donors (Lipinski definition) is 0. The molecule has 0 atom stereocenters. The Morgan fingerprint density at radius 1 is 0.773 bits per heavy atom. The highest BCUT2D eigenvalue weighted by atomic mass is 16.5. The summed E-state index contributed by atoms with van der Waals surface area (Å²) in [5, 5.41) is 0. The van der Waals surface area contributed by atoms with Gasteiger partial charge in [-0.25, -0.2) is 9.59 Å². The number of ether oxygens (including phenoxy) is 2. The first-order chi connectivity index (χ1) is 10.5. The number of hydrogen-bond acceptors (Lipinski definition) is 4. The molecule has 0 aromatic heterocycles.